The number of fused-ring (bicyclic) bond motifs is 1. The Morgan fingerprint density at radius 3 is 2.47 bits per heavy atom. The molecule has 1 saturated heterocycles. The predicted octanol–water partition coefficient (Wildman–Crippen LogP) is 8.07. The van der Waals surface area contributed by atoms with Crippen LogP contribution in [0.25, 0.3) is 11.0 Å². The minimum Gasteiger partial charge on any atom is -0.340 e. The van der Waals surface area contributed by atoms with Crippen LogP contribution in [0.1, 0.15) is 77.9 Å². The highest BCUT2D eigenvalue weighted by atomic mass is 19.4. The Morgan fingerprint density at radius 2 is 1.74 bits per heavy atom. The van der Waals surface area contributed by atoms with Gasteiger partial charge >= 0.3 is 6.18 Å². The third-order valence-corrected chi connectivity index (χ3v) is 8.09. The first kappa shape index (κ1) is 30.7. The van der Waals surface area contributed by atoms with Gasteiger partial charge < -0.3 is 9.88 Å². The van der Waals surface area contributed by atoms with E-state index in [9.17, 15) is 26.7 Å². The fraction of sp³-hybridized carbons (Fsp3) is 0.394. The molecule has 0 bridgehead atoms. The maximum Gasteiger partial charge on any atom is 0.416 e. The van der Waals surface area contributed by atoms with Gasteiger partial charge in [0, 0.05) is 19.5 Å². The molecule has 1 atom stereocenters. The van der Waals surface area contributed by atoms with E-state index >= 15 is 0 Å². The smallest absolute Gasteiger partial charge is 0.340 e. The number of nitrogens with zero attached hydrogens (tertiary/aromatic N) is 3. The number of halogens is 5. The molecule has 0 radical (unpaired) electrons. The van der Waals surface area contributed by atoms with Gasteiger partial charge in [0.1, 0.15) is 5.82 Å². The summed E-state index contributed by atoms with van der Waals surface area (Å²) in [6.07, 6.45) is 0.494. The summed E-state index contributed by atoms with van der Waals surface area (Å²) < 4.78 is 69.6. The van der Waals surface area contributed by atoms with Gasteiger partial charge in [-0.05, 0) is 73.8 Å². The molecule has 1 amide bonds. The Morgan fingerprint density at radius 1 is 1.00 bits per heavy atom. The number of aromatic amines is 1. The van der Waals surface area contributed by atoms with Crippen molar-refractivity contribution in [2.45, 2.75) is 64.2 Å². The molecule has 1 fully saturated rings. The van der Waals surface area contributed by atoms with Gasteiger partial charge in [-0.25, -0.2) is 13.8 Å². The number of carbonyl (C=O) groups is 1. The number of piperidine rings is 1. The summed E-state index contributed by atoms with van der Waals surface area (Å²) >= 11 is 0. The predicted molar refractivity (Wildman–Crippen MR) is 155 cm³/mol. The molecule has 1 aliphatic heterocycles. The first-order chi connectivity index (χ1) is 20.7. The van der Waals surface area contributed by atoms with E-state index in [1.54, 1.807) is 0 Å². The van der Waals surface area contributed by atoms with Gasteiger partial charge in [-0.3, -0.25) is 9.69 Å². The number of hydrogen-bond donors (Lipinski definition) is 1. The quantitative estimate of drug-likeness (QED) is 0.188. The summed E-state index contributed by atoms with van der Waals surface area (Å²) in [5, 5.41) is 0. The van der Waals surface area contributed by atoms with Gasteiger partial charge in [0.25, 0.3) is 5.91 Å². The van der Waals surface area contributed by atoms with Crippen LogP contribution in [0.15, 0.2) is 60.7 Å². The second-order valence-corrected chi connectivity index (χ2v) is 11.1. The van der Waals surface area contributed by atoms with Crippen LogP contribution in [0.2, 0.25) is 0 Å². The van der Waals surface area contributed by atoms with E-state index in [1.807, 2.05) is 31.2 Å². The SMILES string of the molecule is CCCCN(C(=O)c1cccc(F)c1F)C(Cc1ccccc1CN1CCCCC1)c1nc2cc(C(F)(F)F)ccc2[nH]1. The van der Waals surface area contributed by atoms with Gasteiger partial charge in [-0.2, -0.15) is 13.2 Å². The minimum atomic E-state index is -4.54. The number of benzene rings is 3. The molecule has 2 heterocycles. The molecule has 0 saturated carbocycles. The average molecular weight is 599 g/mol. The third-order valence-electron chi connectivity index (χ3n) is 8.09. The Kier molecular flexibility index (Phi) is 9.44. The highest BCUT2D eigenvalue weighted by Crippen LogP contribution is 2.34. The van der Waals surface area contributed by atoms with Crippen LogP contribution in [0, 0.1) is 11.6 Å². The van der Waals surface area contributed by atoms with Crippen molar-refractivity contribution in [3.8, 4) is 0 Å². The van der Waals surface area contributed by atoms with Crippen LogP contribution in [0.3, 0.4) is 0 Å². The molecule has 10 heteroatoms. The number of likely N-dealkylation sites (tertiary alicyclic amines) is 1. The lowest BCUT2D eigenvalue weighted by Crippen LogP contribution is -2.38. The zero-order chi connectivity index (χ0) is 30.6. The molecule has 43 heavy (non-hydrogen) atoms. The van der Waals surface area contributed by atoms with Crippen molar-refractivity contribution < 1.29 is 26.7 Å². The summed E-state index contributed by atoms with van der Waals surface area (Å²) in [6, 6.07) is 13.9. The Hall–Kier alpha value is -3.79. The Bertz CT molecular complexity index is 1560. The number of unbranched alkanes of at least 4 members (excludes halogenated alkanes) is 1. The van der Waals surface area contributed by atoms with E-state index < -0.39 is 40.9 Å². The van der Waals surface area contributed by atoms with E-state index in [1.165, 1.54) is 29.5 Å². The molecular weight excluding hydrogens is 563 g/mol. The molecule has 228 valence electrons. The second kappa shape index (κ2) is 13.2. The Labute approximate surface area is 247 Å². The average Bonchev–Trinajstić information content (AvgIpc) is 3.42. The highest BCUT2D eigenvalue weighted by Gasteiger charge is 2.33. The number of nitrogens with one attached hydrogen (secondary N) is 1. The van der Waals surface area contributed by atoms with Gasteiger partial charge in [0.15, 0.2) is 11.6 Å². The molecule has 1 aromatic heterocycles. The van der Waals surface area contributed by atoms with E-state index in [2.05, 4.69) is 14.9 Å². The molecule has 0 aliphatic carbocycles. The van der Waals surface area contributed by atoms with Crippen LogP contribution in [-0.2, 0) is 19.1 Å². The van der Waals surface area contributed by atoms with Crippen molar-refractivity contribution in [3.05, 3.63) is 100 Å². The fourth-order valence-electron chi connectivity index (χ4n) is 5.74. The molecule has 5 rings (SSSR count). The molecule has 0 spiro atoms. The summed E-state index contributed by atoms with van der Waals surface area (Å²) in [5.41, 5.74) is 1.28. The van der Waals surface area contributed by atoms with Crippen molar-refractivity contribution in [1.82, 2.24) is 19.8 Å². The van der Waals surface area contributed by atoms with Crippen molar-refractivity contribution in [2.75, 3.05) is 19.6 Å². The summed E-state index contributed by atoms with van der Waals surface area (Å²) in [5.74, 6) is -2.80. The van der Waals surface area contributed by atoms with Gasteiger partial charge in [-0.15, -0.1) is 0 Å². The van der Waals surface area contributed by atoms with Crippen molar-refractivity contribution in [2.24, 2.45) is 0 Å². The van der Waals surface area contributed by atoms with Crippen LogP contribution >= 0.6 is 0 Å². The standard InChI is InChI=1S/C33H35F5N4O/c1-2-3-18-42(32(43)25-12-9-13-26(34)30(25)35)29(31-39-27-15-14-24(33(36,37)38)20-28(27)40-31)19-22-10-5-6-11-23(22)21-41-16-7-4-8-17-41/h5-6,9-15,20,29H,2-4,7-8,16-19,21H2,1H3,(H,39,40). The topological polar surface area (TPSA) is 52.2 Å². The molecule has 4 aromatic rings. The number of hydrogen-bond acceptors (Lipinski definition) is 3. The van der Waals surface area contributed by atoms with E-state index in [0.29, 0.717) is 11.9 Å². The van der Waals surface area contributed by atoms with E-state index in [4.69, 9.17) is 0 Å². The summed E-state index contributed by atoms with van der Waals surface area (Å²) in [7, 11) is 0. The number of H-pyrrole nitrogens is 1. The Balaban J connectivity index is 1.59. The number of imidazole rings is 1. The van der Waals surface area contributed by atoms with Crippen LogP contribution in [-0.4, -0.2) is 45.3 Å². The van der Waals surface area contributed by atoms with Gasteiger partial charge in [0.2, 0.25) is 0 Å². The first-order valence-electron chi connectivity index (χ1n) is 14.8. The molecule has 5 nitrogen and oxygen atoms in total. The third kappa shape index (κ3) is 7.06. The highest BCUT2D eigenvalue weighted by molar-refractivity contribution is 5.95. The number of rotatable bonds is 10. The zero-order valence-corrected chi connectivity index (χ0v) is 24.1. The van der Waals surface area contributed by atoms with E-state index in [0.717, 1.165) is 68.2 Å². The van der Waals surface area contributed by atoms with Crippen molar-refractivity contribution in [1.29, 1.82) is 0 Å². The van der Waals surface area contributed by atoms with Crippen LogP contribution in [0.5, 0.6) is 0 Å². The number of amides is 1. The molecule has 1 unspecified atom stereocenters. The summed E-state index contributed by atoms with van der Waals surface area (Å²) in [6.45, 7) is 4.87. The molecule has 1 aliphatic rings. The summed E-state index contributed by atoms with van der Waals surface area (Å²) in [4.78, 5) is 25.5. The number of alkyl halides is 3. The monoisotopic (exact) mass is 598 g/mol. The number of carbonyl (C=O) groups excluding carboxylic acids is 1. The lowest BCUT2D eigenvalue weighted by Gasteiger charge is -2.32. The van der Waals surface area contributed by atoms with Gasteiger partial charge in [-0.1, -0.05) is 50.1 Å². The fourth-order valence-corrected chi connectivity index (χ4v) is 5.74. The maximum atomic E-state index is 14.9. The maximum absolute atomic E-state index is 14.9. The van der Waals surface area contributed by atoms with Gasteiger partial charge in [0.05, 0.1) is 28.2 Å². The lowest BCUT2D eigenvalue weighted by molar-refractivity contribution is -0.137. The largest absolute Gasteiger partial charge is 0.416 e. The van der Waals surface area contributed by atoms with E-state index in [-0.39, 0.29) is 24.3 Å². The van der Waals surface area contributed by atoms with Crippen molar-refractivity contribution in [3.63, 3.8) is 0 Å². The second-order valence-electron chi connectivity index (χ2n) is 11.1. The number of aromatic nitrogens is 2. The lowest BCUT2D eigenvalue weighted by atomic mass is 9.97. The minimum absolute atomic E-state index is 0.108. The van der Waals surface area contributed by atoms with Crippen LogP contribution < -0.4 is 0 Å². The first-order valence-corrected chi connectivity index (χ1v) is 14.8. The zero-order valence-electron chi connectivity index (χ0n) is 24.1. The molecule has 1 N–H and O–H groups in total. The normalized spacial score (nSPS) is 15.1. The molecule has 3 aromatic carbocycles. The van der Waals surface area contributed by atoms with Crippen molar-refractivity contribution >= 4 is 16.9 Å². The molecular formula is C33H35F5N4O. The van der Waals surface area contributed by atoms with Crippen LogP contribution in [0.4, 0.5) is 22.0 Å².